The second-order valence-corrected chi connectivity index (χ2v) is 6.67. The van der Waals surface area contributed by atoms with E-state index in [0.29, 0.717) is 12.1 Å². The number of aryl methyl sites for hydroxylation is 1. The maximum atomic E-state index is 6.08. The van der Waals surface area contributed by atoms with Crippen molar-refractivity contribution in [2.45, 2.75) is 38.3 Å². The molecule has 0 aromatic heterocycles. The van der Waals surface area contributed by atoms with E-state index in [4.69, 9.17) is 11.6 Å². The number of benzene rings is 1. The molecule has 0 saturated carbocycles. The number of piperidine rings is 1. The zero-order valence-electron chi connectivity index (χ0n) is 11.8. The topological polar surface area (TPSA) is 15.3 Å². The van der Waals surface area contributed by atoms with Crippen molar-refractivity contribution in [1.29, 1.82) is 0 Å². The molecule has 0 bridgehead atoms. The summed E-state index contributed by atoms with van der Waals surface area (Å²) in [6.07, 6.45) is 3.64. The second-order valence-electron chi connectivity index (χ2n) is 6.24. The minimum atomic E-state index is 0.531. The molecule has 104 valence electrons. The summed E-state index contributed by atoms with van der Waals surface area (Å²) < 4.78 is 0. The summed E-state index contributed by atoms with van der Waals surface area (Å²) >= 11 is 6.08. The van der Waals surface area contributed by atoms with Crippen molar-refractivity contribution in [1.82, 2.24) is 10.2 Å². The lowest BCUT2D eigenvalue weighted by Crippen LogP contribution is -2.47. The van der Waals surface area contributed by atoms with Crippen molar-refractivity contribution < 1.29 is 0 Å². The Balaban J connectivity index is 1.69. The molecule has 1 heterocycles. The van der Waals surface area contributed by atoms with E-state index in [1.165, 1.54) is 37.1 Å². The van der Waals surface area contributed by atoms with Crippen molar-refractivity contribution >= 4 is 11.6 Å². The van der Waals surface area contributed by atoms with E-state index in [2.05, 4.69) is 36.3 Å². The summed E-state index contributed by atoms with van der Waals surface area (Å²) in [5.41, 5.74) is 2.90. The molecule has 2 aliphatic rings. The third-order valence-corrected chi connectivity index (χ3v) is 4.94. The Morgan fingerprint density at radius 1 is 1.32 bits per heavy atom. The van der Waals surface area contributed by atoms with Crippen LogP contribution in [0.25, 0.3) is 0 Å². The van der Waals surface area contributed by atoms with Crippen LogP contribution in [0.3, 0.4) is 0 Å². The zero-order chi connectivity index (χ0) is 13.4. The summed E-state index contributed by atoms with van der Waals surface area (Å²) in [6, 6.07) is 7.56. The van der Waals surface area contributed by atoms with Crippen molar-refractivity contribution in [3.63, 3.8) is 0 Å². The minimum absolute atomic E-state index is 0.531. The van der Waals surface area contributed by atoms with Crippen LogP contribution < -0.4 is 5.32 Å². The molecule has 3 rings (SSSR count). The fourth-order valence-electron chi connectivity index (χ4n) is 3.62. The summed E-state index contributed by atoms with van der Waals surface area (Å²) in [6.45, 7) is 4.78. The van der Waals surface area contributed by atoms with Gasteiger partial charge in [0.1, 0.15) is 0 Å². The Kier molecular flexibility index (Phi) is 3.84. The van der Waals surface area contributed by atoms with Gasteiger partial charge in [-0.2, -0.15) is 0 Å². The summed E-state index contributed by atoms with van der Waals surface area (Å²) in [5, 5.41) is 4.76. The molecule has 0 spiro atoms. The van der Waals surface area contributed by atoms with Gasteiger partial charge < -0.3 is 10.2 Å². The standard InChI is InChI=1S/C16H23ClN2/c1-11-10-19(2)8-7-15(11)18-16-6-3-12-9-13(17)4-5-14(12)16/h4-5,9,11,15-16,18H,3,6-8,10H2,1-2H3. The van der Waals surface area contributed by atoms with Gasteiger partial charge in [-0.05, 0) is 62.0 Å². The molecule has 1 aromatic rings. The van der Waals surface area contributed by atoms with Gasteiger partial charge in [0.25, 0.3) is 0 Å². The van der Waals surface area contributed by atoms with Crippen LogP contribution in [0.2, 0.25) is 5.02 Å². The third kappa shape index (κ3) is 2.81. The number of fused-ring (bicyclic) bond motifs is 1. The van der Waals surface area contributed by atoms with E-state index >= 15 is 0 Å². The van der Waals surface area contributed by atoms with Crippen LogP contribution in [0, 0.1) is 5.92 Å². The van der Waals surface area contributed by atoms with Crippen molar-refractivity contribution in [2.24, 2.45) is 5.92 Å². The Morgan fingerprint density at radius 3 is 2.95 bits per heavy atom. The molecule has 3 unspecified atom stereocenters. The summed E-state index contributed by atoms with van der Waals surface area (Å²) in [4.78, 5) is 2.44. The Hall–Kier alpha value is -0.570. The van der Waals surface area contributed by atoms with Gasteiger partial charge in [-0.3, -0.25) is 0 Å². The molecule has 0 radical (unpaired) electrons. The predicted molar refractivity (Wildman–Crippen MR) is 80.7 cm³/mol. The Morgan fingerprint density at radius 2 is 2.16 bits per heavy atom. The molecule has 1 aliphatic carbocycles. The van der Waals surface area contributed by atoms with Gasteiger partial charge in [0, 0.05) is 23.7 Å². The number of hydrogen-bond acceptors (Lipinski definition) is 2. The molecule has 1 saturated heterocycles. The molecular weight excluding hydrogens is 256 g/mol. The quantitative estimate of drug-likeness (QED) is 0.893. The van der Waals surface area contributed by atoms with E-state index in [1.54, 1.807) is 0 Å². The maximum Gasteiger partial charge on any atom is 0.0408 e. The van der Waals surface area contributed by atoms with Gasteiger partial charge in [0.15, 0.2) is 0 Å². The largest absolute Gasteiger partial charge is 0.307 e. The second kappa shape index (κ2) is 5.43. The number of nitrogens with zero attached hydrogens (tertiary/aromatic N) is 1. The SMILES string of the molecule is CC1CN(C)CCC1NC1CCc2cc(Cl)ccc21. The smallest absolute Gasteiger partial charge is 0.0408 e. The molecular formula is C16H23ClN2. The zero-order valence-corrected chi connectivity index (χ0v) is 12.6. The average Bonchev–Trinajstić information content (AvgIpc) is 2.75. The van der Waals surface area contributed by atoms with Gasteiger partial charge in [0.2, 0.25) is 0 Å². The highest BCUT2D eigenvalue weighted by molar-refractivity contribution is 6.30. The molecule has 1 aromatic carbocycles. The third-order valence-electron chi connectivity index (χ3n) is 4.71. The molecule has 3 atom stereocenters. The van der Waals surface area contributed by atoms with Crippen molar-refractivity contribution in [2.75, 3.05) is 20.1 Å². The van der Waals surface area contributed by atoms with Crippen LogP contribution in [0.15, 0.2) is 18.2 Å². The highest BCUT2D eigenvalue weighted by Gasteiger charge is 2.29. The number of rotatable bonds is 2. The number of halogens is 1. The summed E-state index contributed by atoms with van der Waals surface area (Å²) in [5.74, 6) is 0.732. The first-order valence-corrected chi connectivity index (χ1v) is 7.74. The van der Waals surface area contributed by atoms with E-state index in [-0.39, 0.29) is 0 Å². The van der Waals surface area contributed by atoms with E-state index in [1.807, 2.05) is 6.07 Å². The minimum Gasteiger partial charge on any atom is -0.307 e. The Labute approximate surface area is 121 Å². The van der Waals surface area contributed by atoms with Gasteiger partial charge in [0.05, 0.1) is 0 Å². The van der Waals surface area contributed by atoms with E-state index in [9.17, 15) is 0 Å². The van der Waals surface area contributed by atoms with Crippen molar-refractivity contribution in [3.8, 4) is 0 Å². The van der Waals surface area contributed by atoms with Crippen LogP contribution in [0.4, 0.5) is 0 Å². The first-order chi connectivity index (χ1) is 9.13. The number of likely N-dealkylation sites (tertiary alicyclic amines) is 1. The van der Waals surface area contributed by atoms with Crippen LogP contribution in [0.5, 0.6) is 0 Å². The lowest BCUT2D eigenvalue weighted by Gasteiger charge is -2.37. The van der Waals surface area contributed by atoms with Gasteiger partial charge in [-0.15, -0.1) is 0 Å². The normalized spacial score (nSPS) is 31.4. The molecule has 3 heteroatoms. The van der Waals surface area contributed by atoms with Crippen LogP contribution in [0.1, 0.15) is 36.9 Å². The highest BCUT2D eigenvalue weighted by Crippen LogP contribution is 2.34. The molecule has 1 fully saturated rings. The predicted octanol–water partition coefficient (Wildman–Crippen LogP) is 3.26. The molecule has 2 nitrogen and oxygen atoms in total. The van der Waals surface area contributed by atoms with Crippen molar-refractivity contribution in [3.05, 3.63) is 34.3 Å². The van der Waals surface area contributed by atoms with Gasteiger partial charge in [-0.25, -0.2) is 0 Å². The van der Waals surface area contributed by atoms with Crippen LogP contribution >= 0.6 is 11.6 Å². The van der Waals surface area contributed by atoms with Gasteiger partial charge in [-0.1, -0.05) is 24.6 Å². The first-order valence-electron chi connectivity index (χ1n) is 7.36. The molecule has 19 heavy (non-hydrogen) atoms. The fourth-order valence-corrected chi connectivity index (χ4v) is 3.81. The first kappa shape index (κ1) is 13.4. The fraction of sp³-hybridized carbons (Fsp3) is 0.625. The Bertz CT molecular complexity index is 460. The lowest BCUT2D eigenvalue weighted by atomic mass is 9.93. The summed E-state index contributed by atoms with van der Waals surface area (Å²) in [7, 11) is 2.22. The average molecular weight is 279 g/mol. The molecule has 0 amide bonds. The highest BCUT2D eigenvalue weighted by atomic mass is 35.5. The monoisotopic (exact) mass is 278 g/mol. The van der Waals surface area contributed by atoms with Crippen LogP contribution in [-0.2, 0) is 6.42 Å². The lowest BCUT2D eigenvalue weighted by molar-refractivity contribution is 0.166. The van der Waals surface area contributed by atoms with Gasteiger partial charge >= 0.3 is 0 Å². The van der Waals surface area contributed by atoms with E-state index < -0.39 is 0 Å². The molecule has 1 aliphatic heterocycles. The van der Waals surface area contributed by atoms with E-state index in [0.717, 1.165) is 17.4 Å². The number of nitrogens with one attached hydrogen (secondary N) is 1. The maximum absolute atomic E-state index is 6.08. The number of hydrogen-bond donors (Lipinski definition) is 1. The van der Waals surface area contributed by atoms with Crippen LogP contribution in [-0.4, -0.2) is 31.1 Å². The molecule has 1 N–H and O–H groups in total.